The van der Waals surface area contributed by atoms with Crippen molar-refractivity contribution in [1.82, 2.24) is 0 Å². The minimum Gasteiger partial charge on any atom is -0.392 e. The van der Waals surface area contributed by atoms with Crippen LogP contribution in [0.2, 0.25) is 0 Å². The van der Waals surface area contributed by atoms with Crippen molar-refractivity contribution in [2.24, 2.45) is 0 Å². The Labute approximate surface area is 120 Å². The summed E-state index contributed by atoms with van der Waals surface area (Å²) in [6.07, 6.45) is 0. The van der Waals surface area contributed by atoms with Gasteiger partial charge in [-0.1, -0.05) is 40.2 Å². The van der Waals surface area contributed by atoms with E-state index in [0.717, 1.165) is 21.3 Å². The quantitative estimate of drug-likeness (QED) is 0.908. The number of halogens is 1. The van der Waals surface area contributed by atoms with Gasteiger partial charge in [0.15, 0.2) is 0 Å². The van der Waals surface area contributed by atoms with Crippen LogP contribution >= 0.6 is 15.9 Å². The molecule has 96 valence electrons. The van der Waals surface area contributed by atoms with Crippen LogP contribution in [0.5, 0.6) is 0 Å². The van der Waals surface area contributed by atoms with Crippen LogP contribution in [0.4, 0.5) is 5.69 Å². The smallest absolute Gasteiger partial charge is 0.101 e. The van der Waals surface area contributed by atoms with E-state index in [1.165, 1.54) is 0 Å². The summed E-state index contributed by atoms with van der Waals surface area (Å²) in [5, 5.41) is 21.4. The minimum atomic E-state index is 0.0373. The summed E-state index contributed by atoms with van der Waals surface area (Å²) in [7, 11) is 0. The summed E-state index contributed by atoms with van der Waals surface area (Å²) < 4.78 is 0.886. The summed E-state index contributed by atoms with van der Waals surface area (Å²) in [4.78, 5) is 0. The van der Waals surface area contributed by atoms with Crippen molar-refractivity contribution in [3.8, 4) is 6.07 Å². The van der Waals surface area contributed by atoms with Gasteiger partial charge in [-0.25, -0.2) is 0 Å². The highest BCUT2D eigenvalue weighted by molar-refractivity contribution is 9.10. The van der Waals surface area contributed by atoms with Crippen molar-refractivity contribution in [3.63, 3.8) is 0 Å². The highest BCUT2D eigenvalue weighted by Gasteiger charge is 2.02. The average molecular weight is 317 g/mol. The number of nitrogens with zero attached hydrogens (tertiary/aromatic N) is 1. The largest absolute Gasteiger partial charge is 0.392 e. The number of anilines is 1. The number of benzene rings is 2. The van der Waals surface area contributed by atoms with Crippen molar-refractivity contribution < 1.29 is 5.11 Å². The summed E-state index contributed by atoms with van der Waals surface area (Å²) in [6.45, 7) is 0.653. The third kappa shape index (κ3) is 3.57. The standard InChI is InChI=1S/C15H13BrN2O/c16-14-4-5-15(13(7-14)8-17)18-9-11-2-1-3-12(6-11)10-19/h1-7,18-19H,9-10H2. The summed E-state index contributed by atoms with van der Waals surface area (Å²) in [5.41, 5.74) is 3.36. The fraction of sp³-hybridized carbons (Fsp3) is 0.133. The Morgan fingerprint density at radius 3 is 2.68 bits per heavy atom. The molecule has 2 aromatic rings. The third-order valence-corrected chi connectivity index (χ3v) is 3.25. The maximum absolute atomic E-state index is 9.09. The summed E-state index contributed by atoms with van der Waals surface area (Å²) >= 11 is 3.35. The molecule has 0 atom stereocenters. The lowest BCUT2D eigenvalue weighted by Crippen LogP contribution is -2.01. The zero-order valence-electron chi connectivity index (χ0n) is 10.2. The Balaban J connectivity index is 2.12. The molecule has 0 aromatic heterocycles. The molecule has 4 heteroatoms. The maximum Gasteiger partial charge on any atom is 0.101 e. The highest BCUT2D eigenvalue weighted by atomic mass is 79.9. The maximum atomic E-state index is 9.09. The Morgan fingerprint density at radius 1 is 1.16 bits per heavy atom. The first-order chi connectivity index (χ1) is 9.22. The van der Waals surface area contributed by atoms with Crippen molar-refractivity contribution >= 4 is 21.6 Å². The molecule has 0 radical (unpaired) electrons. The first kappa shape index (κ1) is 13.6. The first-order valence-electron chi connectivity index (χ1n) is 5.85. The molecular weight excluding hydrogens is 304 g/mol. The number of hydrogen-bond donors (Lipinski definition) is 2. The zero-order chi connectivity index (χ0) is 13.7. The van der Waals surface area contributed by atoms with Gasteiger partial charge < -0.3 is 10.4 Å². The van der Waals surface area contributed by atoms with Gasteiger partial charge in [0.25, 0.3) is 0 Å². The van der Waals surface area contributed by atoms with Gasteiger partial charge in [-0.2, -0.15) is 5.26 Å². The molecule has 0 saturated heterocycles. The van der Waals surface area contributed by atoms with Gasteiger partial charge in [0.05, 0.1) is 17.9 Å². The molecule has 0 amide bonds. The van der Waals surface area contributed by atoms with E-state index >= 15 is 0 Å². The monoisotopic (exact) mass is 316 g/mol. The third-order valence-electron chi connectivity index (χ3n) is 2.76. The van der Waals surface area contributed by atoms with Crippen LogP contribution in [-0.2, 0) is 13.2 Å². The fourth-order valence-corrected chi connectivity index (χ4v) is 2.16. The van der Waals surface area contributed by atoms with Crippen LogP contribution in [0, 0.1) is 11.3 Å². The summed E-state index contributed by atoms with van der Waals surface area (Å²) in [5.74, 6) is 0. The van der Waals surface area contributed by atoms with E-state index in [4.69, 9.17) is 10.4 Å². The predicted octanol–water partition coefficient (Wildman–Crippen LogP) is 3.43. The SMILES string of the molecule is N#Cc1cc(Br)ccc1NCc1cccc(CO)c1. The molecule has 0 fully saturated rings. The molecule has 2 N–H and O–H groups in total. The zero-order valence-corrected chi connectivity index (χ0v) is 11.8. The van der Waals surface area contributed by atoms with Crippen LogP contribution < -0.4 is 5.32 Å². The lowest BCUT2D eigenvalue weighted by Gasteiger charge is -2.09. The molecule has 0 aliphatic rings. The molecule has 2 rings (SSSR count). The second-order valence-corrected chi connectivity index (χ2v) is 5.05. The van der Waals surface area contributed by atoms with Crippen LogP contribution in [0.3, 0.4) is 0 Å². The van der Waals surface area contributed by atoms with Crippen LogP contribution in [0.1, 0.15) is 16.7 Å². The van der Waals surface area contributed by atoms with E-state index in [9.17, 15) is 0 Å². The van der Waals surface area contributed by atoms with E-state index < -0.39 is 0 Å². The van der Waals surface area contributed by atoms with Crippen LogP contribution in [0.25, 0.3) is 0 Å². The van der Waals surface area contributed by atoms with E-state index in [1.807, 2.05) is 36.4 Å². The Hall–Kier alpha value is -1.83. The fourth-order valence-electron chi connectivity index (χ4n) is 1.80. The van der Waals surface area contributed by atoms with Gasteiger partial charge in [0.1, 0.15) is 6.07 Å². The molecule has 0 aliphatic carbocycles. The molecule has 3 nitrogen and oxygen atoms in total. The second kappa shape index (κ2) is 6.37. The second-order valence-electron chi connectivity index (χ2n) is 4.13. The van der Waals surface area contributed by atoms with E-state index in [1.54, 1.807) is 6.07 Å². The molecular formula is C15H13BrN2O. The van der Waals surface area contributed by atoms with Crippen molar-refractivity contribution in [2.45, 2.75) is 13.2 Å². The molecule has 2 aromatic carbocycles. The molecule has 0 heterocycles. The van der Waals surface area contributed by atoms with Gasteiger partial charge in [-0.05, 0) is 29.3 Å². The van der Waals surface area contributed by atoms with Crippen LogP contribution in [-0.4, -0.2) is 5.11 Å². The number of rotatable bonds is 4. The van der Waals surface area contributed by atoms with Crippen LogP contribution in [0.15, 0.2) is 46.9 Å². The van der Waals surface area contributed by atoms with Crippen molar-refractivity contribution in [2.75, 3.05) is 5.32 Å². The normalized spacial score (nSPS) is 9.95. The van der Waals surface area contributed by atoms with E-state index in [-0.39, 0.29) is 6.61 Å². The number of hydrogen-bond acceptors (Lipinski definition) is 3. The lowest BCUT2D eigenvalue weighted by molar-refractivity contribution is 0.281. The minimum absolute atomic E-state index is 0.0373. The Bertz CT molecular complexity index is 620. The van der Waals surface area contributed by atoms with Gasteiger partial charge in [0, 0.05) is 11.0 Å². The predicted molar refractivity (Wildman–Crippen MR) is 78.5 cm³/mol. The Kier molecular flexibility index (Phi) is 4.56. The number of nitriles is 1. The van der Waals surface area contributed by atoms with Gasteiger partial charge >= 0.3 is 0 Å². The molecule has 0 unspecified atom stereocenters. The Morgan fingerprint density at radius 2 is 1.95 bits per heavy atom. The topological polar surface area (TPSA) is 56.0 Å². The van der Waals surface area contributed by atoms with Gasteiger partial charge in [0.2, 0.25) is 0 Å². The molecule has 0 saturated carbocycles. The van der Waals surface area contributed by atoms with Crippen molar-refractivity contribution in [3.05, 3.63) is 63.6 Å². The molecule has 0 bridgehead atoms. The van der Waals surface area contributed by atoms with Gasteiger partial charge in [-0.15, -0.1) is 0 Å². The van der Waals surface area contributed by atoms with Crippen molar-refractivity contribution in [1.29, 1.82) is 5.26 Å². The lowest BCUT2D eigenvalue weighted by atomic mass is 10.1. The molecule has 0 spiro atoms. The number of aliphatic hydroxyl groups excluding tert-OH is 1. The van der Waals surface area contributed by atoms with E-state index in [0.29, 0.717) is 12.1 Å². The average Bonchev–Trinajstić information content (AvgIpc) is 2.46. The molecule has 19 heavy (non-hydrogen) atoms. The first-order valence-corrected chi connectivity index (χ1v) is 6.64. The number of nitrogens with one attached hydrogen (secondary N) is 1. The molecule has 0 aliphatic heterocycles. The van der Waals surface area contributed by atoms with Gasteiger partial charge in [-0.3, -0.25) is 0 Å². The summed E-state index contributed by atoms with van der Waals surface area (Å²) in [6, 6.07) is 15.4. The highest BCUT2D eigenvalue weighted by Crippen LogP contribution is 2.21. The van der Waals surface area contributed by atoms with E-state index in [2.05, 4.69) is 27.3 Å². The number of aliphatic hydroxyl groups is 1.